The summed E-state index contributed by atoms with van der Waals surface area (Å²) in [6.07, 6.45) is 2.26. The van der Waals surface area contributed by atoms with Crippen LogP contribution in [0.1, 0.15) is 79.0 Å². The van der Waals surface area contributed by atoms with Gasteiger partial charge in [-0.2, -0.15) is 0 Å². The Morgan fingerprint density at radius 2 is 1.30 bits per heavy atom. The Morgan fingerprint density at radius 3 is 1.91 bits per heavy atom. The molecule has 0 atom stereocenters. The fourth-order valence-corrected chi connectivity index (χ4v) is 7.42. The third-order valence-electron chi connectivity index (χ3n) is 9.80. The summed E-state index contributed by atoms with van der Waals surface area (Å²) in [5, 5.41) is 1.29. The summed E-state index contributed by atoms with van der Waals surface area (Å²) in [5.74, 6) is 0. The number of aryl methyl sites for hydroxylation is 1. The normalized spacial score (nSPS) is 14.2. The van der Waals surface area contributed by atoms with Crippen LogP contribution in [0.4, 0.5) is 11.4 Å². The largest absolute Gasteiger partial charge is 0.321 e. The lowest BCUT2D eigenvalue weighted by molar-refractivity contribution is 0.589. The van der Waals surface area contributed by atoms with Crippen LogP contribution in [0.25, 0.3) is 16.6 Å². The van der Waals surface area contributed by atoms with E-state index in [4.69, 9.17) is 0 Å². The van der Waals surface area contributed by atoms with Gasteiger partial charge in [-0.15, -0.1) is 0 Å². The van der Waals surface area contributed by atoms with E-state index in [1.807, 2.05) is 0 Å². The standard InChI is InChI=1S/C44H49BN2/c1-29(2)27-30(3)41-32(5)46(36-24-21-33(22-25-36)43(6,7)8)40-28-34(44(9,10)11)23-26-38(40)45(41)42-31(4)37-19-15-16-20-39(37)47(42)35-17-13-12-14-18-35/h12-28H,1H2,2-11H3/b30-27-. The Kier molecular flexibility index (Phi) is 8.25. The van der Waals surface area contributed by atoms with Crippen molar-refractivity contribution in [3.8, 4) is 5.69 Å². The maximum absolute atomic E-state index is 4.31. The molecule has 0 aliphatic carbocycles. The molecule has 238 valence electrons. The molecule has 1 aromatic heterocycles. The average molecular weight is 617 g/mol. The summed E-state index contributed by atoms with van der Waals surface area (Å²) in [6, 6.07) is 36.1. The molecule has 0 amide bonds. The van der Waals surface area contributed by atoms with Crippen molar-refractivity contribution in [2.24, 2.45) is 0 Å². The minimum Gasteiger partial charge on any atom is -0.321 e. The number of allylic oxidation sites excluding steroid dienone is 5. The van der Waals surface area contributed by atoms with E-state index in [1.165, 1.54) is 72.5 Å². The van der Waals surface area contributed by atoms with E-state index in [0.717, 1.165) is 5.57 Å². The van der Waals surface area contributed by atoms with Gasteiger partial charge in [-0.3, -0.25) is 0 Å². The van der Waals surface area contributed by atoms with Gasteiger partial charge in [-0.25, -0.2) is 0 Å². The number of para-hydroxylation sites is 2. The summed E-state index contributed by atoms with van der Waals surface area (Å²) in [7, 11) is 0. The molecule has 0 saturated heterocycles. The van der Waals surface area contributed by atoms with Gasteiger partial charge < -0.3 is 9.47 Å². The highest BCUT2D eigenvalue weighted by molar-refractivity contribution is 6.93. The summed E-state index contributed by atoms with van der Waals surface area (Å²) in [4.78, 5) is 2.50. The molecular weight excluding hydrogens is 567 g/mol. The van der Waals surface area contributed by atoms with E-state index in [1.54, 1.807) is 0 Å². The van der Waals surface area contributed by atoms with Crippen LogP contribution in [0.15, 0.2) is 132 Å². The van der Waals surface area contributed by atoms with Crippen molar-refractivity contribution < 1.29 is 0 Å². The molecule has 0 bridgehead atoms. The second kappa shape index (κ2) is 11.9. The molecule has 3 heteroatoms. The molecular formula is C44H49BN2. The van der Waals surface area contributed by atoms with Crippen molar-refractivity contribution in [1.29, 1.82) is 0 Å². The monoisotopic (exact) mass is 616 g/mol. The Bertz CT molecular complexity index is 2040. The zero-order valence-electron chi connectivity index (χ0n) is 30.0. The van der Waals surface area contributed by atoms with E-state index >= 15 is 0 Å². The quantitative estimate of drug-likeness (QED) is 0.141. The highest BCUT2D eigenvalue weighted by Gasteiger charge is 2.40. The zero-order chi connectivity index (χ0) is 33.8. The second-order valence-electron chi connectivity index (χ2n) is 15.5. The Morgan fingerprint density at radius 1 is 0.702 bits per heavy atom. The highest BCUT2D eigenvalue weighted by Crippen LogP contribution is 2.40. The molecule has 1 aliphatic rings. The van der Waals surface area contributed by atoms with Crippen LogP contribution < -0.4 is 16.0 Å². The van der Waals surface area contributed by atoms with Gasteiger partial charge in [0.25, 0.3) is 6.71 Å². The molecule has 0 saturated carbocycles. The second-order valence-corrected chi connectivity index (χ2v) is 15.5. The number of anilines is 2. The van der Waals surface area contributed by atoms with Gasteiger partial charge in [0, 0.05) is 33.7 Å². The Balaban J connectivity index is 1.74. The van der Waals surface area contributed by atoms with Crippen molar-refractivity contribution in [1.82, 2.24) is 4.57 Å². The molecule has 5 aromatic rings. The van der Waals surface area contributed by atoms with Gasteiger partial charge >= 0.3 is 0 Å². The lowest BCUT2D eigenvalue weighted by Crippen LogP contribution is -2.54. The van der Waals surface area contributed by atoms with E-state index < -0.39 is 0 Å². The van der Waals surface area contributed by atoms with Gasteiger partial charge in [0.05, 0.1) is 5.52 Å². The minimum absolute atomic E-state index is 0.00678. The van der Waals surface area contributed by atoms with Gasteiger partial charge in [0.2, 0.25) is 0 Å². The topological polar surface area (TPSA) is 8.17 Å². The van der Waals surface area contributed by atoms with Gasteiger partial charge in [-0.1, -0.05) is 126 Å². The first-order chi connectivity index (χ1) is 22.2. The van der Waals surface area contributed by atoms with Crippen LogP contribution >= 0.6 is 0 Å². The number of hydrogen-bond donors (Lipinski definition) is 0. The van der Waals surface area contributed by atoms with Gasteiger partial charge in [-0.05, 0) is 103 Å². The number of hydrogen-bond acceptors (Lipinski definition) is 1. The molecule has 0 radical (unpaired) electrons. The maximum atomic E-state index is 4.31. The molecule has 2 heterocycles. The maximum Gasteiger partial charge on any atom is 0.267 e. The molecule has 0 spiro atoms. The smallest absolute Gasteiger partial charge is 0.267 e. The average Bonchev–Trinajstić information content (AvgIpc) is 3.31. The Hall–Kier alpha value is -4.50. The predicted octanol–water partition coefficient (Wildman–Crippen LogP) is 10.6. The first-order valence-corrected chi connectivity index (χ1v) is 16.9. The van der Waals surface area contributed by atoms with Crippen molar-refractivity contribution >= 4 is 40.0 Å². The molecule has 2 nitrogen and oxygen atoms in total. The van der Waals surface area contributed by atoms with Gasteiger partial charge in [0.1, 0.15) is 0 Å². The van der Waals surface area contributed by atoms with E-state index in [2.05, 4.69) is 188 Å². The zero-order valence-corrected chi connectivity index (χ0v) is 30.0. The predicted molar refractivity (Wildman–Crippen MR) is 207 cm³/mol. The van der Waals surface area contributed by atoms with Crippen molar-refractivity contribution in [3.63, 3.8) is 0 Å². The SMILES string of the molecule is C=C(C)/C=C(/C)C1=C(C)N(c2ccc(C(C)(C)C)cc2)c2cc(C(C)(C)C)ccc2B1c1c(C)c2ccccc2n1-c1ccccc1. The number of aromatic nitrogens is 1. The first kappa shape index (κ1) is 32.4. The summed E-state index contributed by atoms with van der Waals surface area (Å²) in [5.41, 5.74) is 16.4. The fraction of sp³-hybridized carbons (Fsp3) is 0.273. The van der Waals surface area contributed by atoms with Crippen molar-refractivity contribution in [3.05, 3.63) is 149 Å². The van der Waals surface area contributed by atoms with Crippen LogP contribution in [0, 0.1) is 6.92 Å². The molecule has 1 aliphatic heterocycles. The third kappa shape index (κ3) is 5.82. The molecule has 4 aromatic carbocycles. The summed E-state index contributed by atoms with van der Waals surface area (Å²) < 4.78 is 2.51. The molecule has 47 heavy (non-hydrogen) atoms. The number of fused-ring (bicyclic) bond motifs is 2. The lowest BCUT2D eigenvalue weighted by atomic mass is 9.34. The summed E-state index contributed by atoms with van der Waals surface area (Å²) in [6.45, 7) is 27.1. The van der Waals surface area contributed by atoms with Crippen LogP contribution in [-0.4, -0.2) is 11.3 Å². The third-order valence-corrected chi connectivity index (χ3v) is 9.80. The highest BCUT2D eigenvalue weighted by atomic mass is 15.2. The van der Waals surface area contributed by atoms with Crippen LogP contribution in [0.2, 0.25) is 0 Å². The van der Waals surface area contributed by atoms with Crippen molar-refractivity contribution in [2.45, 2.75) is 80.1 Å². The molecule has 6 rings (SSSR count). The van der Waals surface area contributed by atoms with Crippen molar-refractivity contribution in [2.75, 3.05) is 4.90 Å². The van der Waals surface area contributed by atoms with Gasteiger partial charge in [0.15, 0.2) is 0 Å². The van der Waals surface area contributed by atoms with E-state index in [0.29, 0.717) is 0 Å². The number of benzene rings is 4. The van der Waals surface area contributed by atoms with Crippen LogP contribution in [0.5, 0.6) is 0 Å². The molecule has 0 fully saturated rings. The number of nitrogens with zero attached hydrogens (tertiary/aromatic N) is 2. The number of rotatable bonds is 5. The first-order valence-electron chi connectivity index (χ1n) is 16.9. The molecule has 0 unspecified atom stereocenters. The lowest BCUT2D eigenvalue weighted by Gasteiger charge is -2.40. The fourth-order valence-electron chi connectivity index (χ4n) is 7.42. The summed E-state index contributed by atoms with van der Waals surface area (Å²) >= 11 is 0. The van der Waals surface area contributed by atoms with Crippen LogP contribution in [-0.2, 0) is 10.8 Å². The van der Waals surface area contributed by atoms with E-state index in [9.17, 15) is 0 Å². The minimum atomic E-state index is 0.00678. The van der Waals surface area contributed by atoms with Crippen LogP contribution in [0.3, 0.4) is 0 Å². The molecule has 0 N–H and O–H groups in total. The Labute approximate surface area is 283 Å². The van der Waals surface area contributed by atoms with E-state index in [-0.39, 0.29) is 17.5 Å².